The third kappa shape index (κ3) is 2.78. The maximum atomic E-state index is 11.7. The molecular formula is C14H13N3O3. The predicted octanol–water partition coefficient (Wildman–Crippen LogP) is 1.18. The second-order valence-electron chi connectivity index (χ2n) is 4.02. The molecule has 0 aliphatic carbocycles. The van der Waals surface area contributed by atoms with Crippen LogP contribution in [0.3, 0.4) is 0 Å². The summed E-state index contributed by atoms with van der Waals surface area (Å²) in [4.78, 5) is 11.7. The van der Waals surface area contributed by atoms with Crippen molar-refractivity contribution in [3.63, 3.8) is 0 Å². The molecule has 0 saturated heterocycles. The molecular weight excluding hydrogens is 258 g/mol. The Kier molecular flexibility index (Phi) is 4.01. The van der Waals surface area contributed by atoms with Crippen LogP contribution in [0, 0.1) is 11.3 Å². The molecule has 0 fully saturated rings. The summed E-state index contributed by atoms with van der Waals surface area (Å²) >= 11 is 0. The molecule has 0 saturated carbocycles. The summed E-state index contributed by atoms with van der Waals surface area (Å²) in [5.74, 6) is 0.839. The standard InChI is InChI=1S/C14H13N3O3/c1-19-12-7-10(3-4-11(12)8-15)9-17-14(18)6-5-13(16-17)20-2/h3-7H,9H2,1-2H3. The number of benzene rings is 1. The van der Waals surface area contributed by atoms with Gasteiger partial charge in [0.15, 0.2) is 0 Å². The van der Waals surface area contributed by atoms with Gasteiger partial charge < -0.3 is 9.47 Å². The van der Waals surface area contributed by atoms with Crippen LogP contribution < -0.4 is 15.0 Å². The fraction of sp³-hybridized carbons (Fsp3) is 0.214. The monoisotopic (exact) mass is 271 g/mol. The lowest BCUT2D eigenvalue weighted by molar-refractivity contribution is 0.378. The van der Waals surface area contributed by atoms with Crippen molar-refractivity contribution in [3.05, 3.63) is 51.8 Å². The Balaban J connectivity index is 2.35. The van der Waals surface area contributed by atoms with Gasteiger partial charge in [0, 0.05) is 12.1 Å². The van der Waals surface area contributed by atoms with Crippen molar-refractivity contribution >= 4 is 0 Å². The van der Waals surface area contributed by atoms with Crippen molar-refractivity contribution in [1.82, 2.24) is 9.78 Å². The maximum Gasteiger partial charge on any atom is 0.267 e. The van der Waals surface area contributed by atoms with Crippen LogP contribution in [0.4, 0.5) is 0 Å². The normalized spacial score (nSPS) is 9.85. The van der Waals surface area contributed by atoms with E-state index in [1.807, 2.05) is 6.07 Å². The molecule has 0 unspecified atom stereocenters. The molecule has 0 radical (unpaired) electrons. The number of ether oxygens (including phenoxy) is 2. The maximum absolute atomic E-state index is 11.7. The summed E-state index contributed by atoms with van der Waals surface area (Å²) in [5, 5.41) is 13.0. The highest BCUT2D eigenvalue weighted by atomic mass is 16.5. The van der Waals surface area contributed by atoms with Crippen molar-refractivity contribution in [1.29, 1.82) is 5.26 Å². The van der Waals surface area contributed by atoms with E-state index in [4.69, 9.17) is 14.7 Å². The smallest absolute Gasteiger partial charge is 0.267 e. The number of methoxy groups -OCH3 is 2. The molecule has 6 heteroatoms. The van der Waals surface area contributed by atoms with Gasteiger partial charge in [-0.1, -0.05) is 6.07 Å². The van der Waals surface area contributed by atoms with Crippen LogP contribution >= 0.6 is 0 Å². The van der Waals surface area contributed by atoms with Gasteiger partial charge >= 0.3 is 0 Å². The molecule has 1 aromatic heterocycles. The topological polar surface area (TPSA) is 77.1 Å². The van der Waals surface area contributed by atoms with Crippen LogP contribution in [-0.2, 0) is 6.54 Å². The first-order valence-electron chi connectivity index (χ1n) is 5.87. The molecule has 2 aromatic rings. The molecule has 0 N–H and O–H groups in total. The second kappa shape index (κ2) is 5.89. The van der Waals surface area contributed by atoms with E-state index in [0.717, 1.165) is 5.56 Å². The minimum atomic E-state index is -0.228. The summed E-state index contributed by atoms with van der Waals surface area (Å²) in [6.07, 6.45) is 0. The van der Waals surface area contributed by atoms with E-state index in [1.165, 1.54) is 31.0 Å². The average Bonchev–Trinajstić information content (AvgIpc) is 2.49. The number of hydrogen-bond acceptors (Lipinski definition) is 5. The molecule has 0 atom stereocenters. The highest BCUT2D eigenvalue weighted by molar-refractivity contribution is 5.45. The number of aromatic nitrogens is 2. The average molecular weight is 271 g/mol. The van der Waals surface area contributed by atoms with Crippen molar-refractivity contribution in [3.8, 4) is 17.7 Å². The first kappa shape index (κ1) is 13.6. The third-order valence-electron chi connectivity index (χ3n) is 2.77. The minimum absolute atomic E-state index is 0.228. The Morgan fingerprint density at radius 2 is 2.05 bits per heavy atom. The molecule has 1 heterocycles. The molecule has 0 spiro atoms. The van der Waals surface area contributed by atoms with Crippen LogP contribution in [0.25, 0.3) is 0 Å². The van der Waals surface area contributed by atoms with E-state index >= 15 is 0 Å². The fourth-order valence-electron chi connectivity index (χ4n) is 1.75. The van der Waals surface area contributed by atoms with Crippen molar-refractivity contribution < 1.29 is 9.47 Å². The van der Waals surface area contributed by atoms with Gasteiger partial charge in [-0.25, -0.2) is 4.68 Å². The van der Waals surface area contributed by atoms with Crippen LogP contribution in [0.1, 0.15) is 11.1 Å². The number of nitriles is 1. The Morgan fingerprint density at radius 1 is 1.25 bits per heavy atom. The first-order valence-corrected chi connectivity index (χ1v) is 5.87. The molecule has 0 aliphatic heterocycles. The molecule has 20 heavy (non-hydrogen) atoms. The number of nitrogens with zero attached hydrogens (tertiary/aromatic N) is 3. The SMILES string of the molecule is COc1ccc(=O)n(Cc2ccc(C#N)c(OC)c2)n1. The van der Waals surface area contributed by atoms with E-state index in [1.54, 1.807) is 18.2 Å². The Hall–Kier alpha value is -2.81. The lowest BCUT2D eigenvalue weighted by atomic mass is 10.1. The highest BCUT2D eigenvalue weighted by Gasteiger charge is 2.06. The largest absolute Gasteiger partial charge is 0.495 e. The summed E-state index contributed by atoms with van der Waals surface area (Å²) < 4.78 is 11.4. The van der Waals surface area contributed by atoms with E-state index < -0.39 is 0 Å². The van der Waals surface area contributed by atoms with E-state index in [-0.39, 0.29) is 12.1 Å². The molecule has 0 bridgehead atoms. The zero-order valence-corrected chi connectivity index (χ0v) is 11.2. The van der Waals surface area contributed by atoms with E-state index in [0.29, 0.717) is 17.2 Å². The molecule has 102 valence electrons. The van der Waals surface area contributed by atoms with Crippen LogP contribution in [0.15, 0.2) is 35.1 Å². The summed E-state index contributed by atoms with van der Waals surface area (Å²) in [7, 11) is 2.98. The van der Waals surface area contributed by atoms with Gasteiger partial charge in [0.05, 0.1) is 26.3 Å². The quantitative estimate of drug-likeness (QED) is 0.834. The molecule has 1 aromatic carbocycles. The molecule has 0 amide bonds. The van der Waals surface area contributed by atoms with Crippen molar-refractivity contribution in [2.75, 3.05) is 14.2 Å². The summed E-state index contributed by atoms with van der Waals surface area (Å²) in [6, 6.07) is 10.1. The Bertz CT molecular complexity index is 716. The Labute approximate surface area is 115 Å². The zero-order chi connectivity index (χ0) is 14.5. The summed E-state index contributed by atoms with van der Waals surface area (Å²) in [6.45, 7) is 0.276. The van der Waals surface area contributed by atoms with Crippen LogP contribution in [0.2, 0.25) is 0 Å². The van der Waals surface area contributed by atoms with Crippen molar-refractivity contribution in [2.24, 2.45) is 0 Å². The van der Waals surface area contributed by atoms with E-state index in [2.05, 4.69) is 5.10 Å². The predicted molar refractivity (Wildman–Crippen MR) is 71.9 cm³/mol. The van der Waals surface area contributed by atoms with Crippen LogP contribution in [-0.4, -0.2) is 24.0 Å². The lowest BCUT2D eigenvalue weighted by Gasteiger charge is -2.08. The van der Waals surface area contributed by atoms with Crippen LogP contribution in [0.5, 0.6) is 11.6 Å². The second-order valence-corrected chi connectivity index (χ2v) is 4.02. The van der Waals surface area contributed by atoms with Crippen molar-refractivity contribution in [2.45, 2.75) is 6.54 Å². The molecule has 0 aliphatic rings. The lowest BCUT2D eigenvalue weighted by Crippen LogP contribution is -2.22. The van der Waals surface area contributed by atoms with Gasteiger partial charge in [0.25, 0.3) is 5.56 Å². The van der Waals surface area contributed by atoms with Gasteiger partial charge in [-0.2, -0.15) is 5.26 Å². The van der Waals surface area contributed by atoms with Gasteiger partial charge in [-0.3, -0.25) is 4.79 Å². The van der Waals surface area contributed by atoms with E-state index in [9.17, 15) is 4.79 Å². The number of rotatable bonds is 4. The third-order valence-corrected chi connectivity index (χ3v) is 2.77. The van der Waals surface area contributed by atoms with Gasteiger partial charge in [0.1, 0.15) is 11.8 Å². The minimum Gasteiger partial charge on any atom is -0.495 e. The Morgan fingerprint density at radius 3 is 2.70 bits per heavy atom. The molecule has 2 rings (SSSR count). The molecule has 6 nitrogen and oxygen atoms in total. The van der Waals surface area contributed by atoms with Gasteiger partial charge in [-0.05, 0) is 17.7 Å². The fourth-order valence-corrected chi connectivity index (χ4v) is 1.75. The summed E-state index contributed by atoms with van der Waals surface area (Å²) in [5.41, 5.74) is 1.03. The van der Waals surface area contributed by atoms with Gasteiger partial charge in [-0.15, -0.1) is 5.10 Å². The number of hydrogen-bond donors (Lipinski definition) is 0. The highest BCUT2D eigenvalue weighted by Crippen LogP contribution is 2.19. The first-order chi connectivity index (χ1) is 9.67. The zero-order valence-electron chi connectivity index (χ0n) is 11.2. The van der Waals surface area contributed by atoms with Gasteiger partial charge in [0.2, 0.25) is 5.88 Å².